The molecule has 1 aromatic rings. The van der Waals surface area contributed by atoms with Crippen molar-refractivity contribution in [2.24, 2.45) is 5.41 Å². The van der Waals surface area contributed by atoms with Crippen molar-refractivity contribution in [2.75, 3.05) is 5.33 Å². The van der Waals surface area contributed by atoms with Crippen LogP contribution in [0, 0.1) is 5.41 Å². The topological polar surface area (TPSA) is 54.4 Å². The van der Waals surface area contributed by atoms with Crippen LogP contribution in [0.4, 0.5) is 0 Å². The van der Waals surface area contributed by atoms with E-state index in [2.05, 4.69) is 15.9 Å². The normalized spacial score (nSPS) is 21.8. The summed E-state index contributed by atoms with van der Waals surface area (Å²) in [6.45, 7) is 0. The van der Waals surface area contributed by atoms with Crippen LogP contribution in [0.25, 0.3) is 5.57 Å². The third kappa shape index (κ3) is 2.68. The number of aliphatic carboxylic acids is 1. The summed E-state index contributed by atoms with van der Waals surface area (Å²) < 4.78 is 0. The van der Waals surface area contributed by atoms with Crippen LogP contribution in [0.2, 0.25) is 0 Å². The number of carbonyl (C=O) groups is 2. The Morgan fingerprint density at radius 1 is 1.26 bits per heavy atom. The average Bonchev–Trinajstić information content (AvgIpc) is 2.47. The molecular formula is C15H13BrO3. The number of halogens is 1. The van der Waals surface area contributed by atoms with Crippen molar-refractivity contribution >= 4 is 33.3 Å². The fourth-order valence-electron chi connectivity index (χ4n) is 2.06. The van der Waals surface area contributed by atoms with Crippen molar-refractivity contribution in [1.82, 2.24) is 0 Å². The van der Waals surface area contributed by atoms with Gasteiger partial charge in [-0.1, -0.05) is 64.5 Å². The van der Waals surface area contributed by atoms with E-state index in [-0.39, 0.29) is 0 Å². The number of benzene rings is 1. The van der Waals surface area contributed by atoms with Gasteiger partial charge in [0.25, 0.3) is 5.78 Å². The molecule has 4 heteroatoms. The lowest BCUT2D eigenvalue weighted by Gasteiger charge is -2.27. The number of hydrogen-bond acceptors (Lipinski definition) is 2. The van der Waals surface area contributed by atoms with Crippen LogP contribution in [0.15, 0.2) is 48.6 Å². The zero-order valence-corrected chi connectivity index (χ0v) is 11.8. The van der Waals surface area contributed by atoms with E-state index < -0.39 is 17.2 Å². The first kappa shape index (κ1) is 13.7. The Balaban J connectivity index is 2.26. The Kier molecular flexibility index (Phi) is 4.00. The number of allylic oxidation sites excluding steroid dienone is 4. The van der Waals surface area contributed by atoms with Gasteiger partial charge in [-0.3, -0.25) is 4.79 Å². The van der Waals surface area contributed by atoms with Crippen LogP contribution in [0.5, 0.6) is 0 Å². The fourth-order valence-corrected chi connectivity index (χ4v) is 2.73. The van der Waals surface area contributed by atoms with Gasteiger partial charge < -0.3 is 5.11 Å². The van der Waals surface area contributed by atoms with Crippen molar-refractivity contribution < 1.29 is 14.7 Å². The molecule has 0 fully saturated rings. The molecule has 3 nitrogen and oxygen atoms in total. The van der Waals surface area contributed by atoms with Crippen molar-refractivity contribution in [1.29, 1.82) is 0 Å². The minimum atomic E-state index is -1.39. The molecule has 0 spiro atoms. The van der Waals surface area contributed by atoms with Crippen LogP contribution >= 0.6 is 15.9 Å². The predicted molar refractivity (Wildman–Crippen MR) is 77.0 cm³/mol. The van der Waals surface area contributed by atoms with Crippen LogP contribution in [0.3, 0.4) is 0 Å². The van der Waals surface area contributed by atoms with E-state index in [1.54, 1.807) is 6.08 Å². The summed E-state index contributed by atoms with van der Waals surface area (Å²) in [4.78, 5) is 22.7. The lowest BCUT2D eigenvalue weighted by molar-refractivity contribution is -0.152. The first-order valence-electron chi connectivity index (χ1n) is 5.87. The van der Waals surface area contributed by atoms with Gasteiger partial charge in [-0.25, -0.2) is 4.79 Å². The third-order valence-corrected chi connectivity index (χ3v) is 4.26. The summed E-state index contributed by atoms with van der Waals surface area (Å²) in [5.41, 5.74) is 1.10. The smallest absolute Gasteiger partial charge is 0.373 e. The maximum Gasteiger partial charge on any atom is 0.373 e. The molecule has 0 radical (unpaired) electrons. The highest BCUT2D eigenvalue weighted by Gasteiger charge is 2.39. The molecular weight excluding hydrogens is 308 g/mol. The number of rotatable bonds is 4. The zero-order valence-electron chi connectivity index (χ0n) is 10.2. The second-order valence-electron chi connectivity index (χ2n) is 4.49. The van der Waals surface area contributed by atoms with E-state index in [1.807, 2.05) is 42.5 Å². The Bertz CT molecular complexity index is 560. The van der Waals surface area contributed by atoms with E-state index >= 15 is 0 Å². The summed E-state index contributed by atoms with van der Waals surface area (Å²) in [6, 6.07) is 9.79. The van der Waals surface area contributed by atoms with Gasteiger partial charge in [-0.2, -0.15) is 0 Å². The molecule has 98 valence electrons. The molecule has 1 aliphatic carbocycles. The predicted octanol–water partition coefficient (Wildman–Crippen LogP) is 3.06. The van der Waals surface area contributed by atoms with Gasteiger partial charge in [-0.15, -0.1) is 0 Å². The molecule has 1 unspecified atom stereocenters. The average molecular weight is 321 g/mol. The maximum absolute atomic E-state index is 11.8. The van der Waals surface area contributed by atoms with Crippen molar-refractivity contribution in [3.63, 3.8) is 0 Å². The van der Waals surface area contributed by atoms with Gasteiger partial charge in [0.2, 0.25) is 0 Å². The number of carboxylic acid groups (broad SMARTS) is 1. The summed E-state index contributed by atoms with van der Waals surface area (Å²) >= 11 is 3.25. The minimum Gasteiger partial charge on any atom is -0.475 e. The lowest BCUT2D eigenvalue weighted by atomic mass is 9.77. The molecule has 0 aromatic heterocycles. The van der Waals surface area contributed by atoms with Crippen LogP contribution in [-0.4, -0.2) is 22.2 Å². The Morgan fingerprint density at radius 2 is 1.95 bits per heavy atom. The molecule has 1 aliphatic rings. The largest absolute Gasteiger partial charge is 0.475 e. The summed E-state index contributed by atoms with van der Waals surface area (Å²) in [6.07, 6.45) is 5.82. The van der Waals surface area contributed by atoms with Crippen molar-refractivity contribution in [3.05, 3.63) is 54.1 Å². The van der Waals surface area contributed by atoms with Gasteiger partial charge in [0, 0.05) is 5.33 Å². The summed E-state index contributed by atoms with van der Waals surface area (Å²) in [5.74, 6) is -2.16. The first-order valence-corrected chi connectivity index (χ1v) is 7.00. The molecule has 0 bridgehead atoms. The van der Waals surface area contributed by atoms with Gasteiger partial charge >= 0.3 is 5.97 Å². The second kappa shape index (κ2) is 5.53. The van der Waals surface area contributed by atoms with Crippen LogP contribution in [0.1, 0.15) is 12.0 Å². The van der Waals surface area contributed by atoms with Crippen LogP contribution in [-0.2, 0) is 9.59 Å². The second-order valence-corrected chi connectivity index (χ2v) is 5.05. The van der Waals surface area contributed by atoms with E-state index in [1.165, 1.54) is 0 Å². The molecule has 0 amide bonds. The Hall–Kier alpha value is -1.68. The minimum absolute atomic E-state index is 0.306. The maximum atomic E-state index is 11.8. The van der Waals surface area contributed by atoms with Gasteiger partial charge in [-0.05, 0) is 17.6 Å². The highest BCUT2D eigenvalue weighted by Crippen LogP contribution is 2.35. The van der Waals surface area contributed by atoms with Crippen molar-refractivity contribution in [3.8, 4) is 0 Å². The number of ketones is 1. The Labute approximate surface area is 119 Å². The zero-order chi connectivity index (χ0) is 13.9. The molecule has 1 N–H and O–H groups in total. The monoisotopic (exact) mass is 320 g/mol. The number of carboxylic acids is 1. The molecule has 0 heterocycles. The standard InChI is InChI=1S/C15H13BrO3/c16-10-15(13(17)14(18)19)8-6-12(7-9-15)11-4-2-1-3-5-11/h1-8H,9-10H2,(H,18,19). The van der Waals surface area contributed by atoms with Gasteiger partial charge in [0.15, 0.2) is 0 Å². The van der Waals surface area contributed by atoms with Crippen LogP contribution < -0.4 is 0 Å². The highest BCUT2D eigenvalue weighted by molar-refractivity contribution is 9.09. The SMILES string of the molecule is O=C(O)C(=O)C1(CBr)C=CC(c2ccccc2)=CC1. The molecule has 2 rings (SSSR count). The molecule has 1 aromatic carbocycles. The Morgan fingerprint density at radius 3 is 2.42 bits per heavy atom. The van der Waals surface area contributed by atoms with E-state index in [0.717, 1.165) is 11.1 Å². The fraction of sp³-hybridized carbons (Fsp3) is 0.200. The van der Waals surface area contributed by atoms with E-state index in [4.69, 9.17) is 5.11 Å². The molecule has 0 aliphatic heterocycles. The molecule has 0 saturated heterocycles. The molecule has 19 heavy (non-hydrogen) atoms. The first-order chi connectivity index (χ1) is 9.09. The van der Waals surface area contributed by atoms with E-state index in [0.29, 0.717) is 11.8 Å². The molecule has 0 saturated carbocycles. The lowest BCUT2D eigenvalue weighted by Crippen LogP contribution is -2.37. The quantitative estimate of drug-likeness (QED) is 0.685. The van der Waals surface area contributed by atoms with Gasteiger partial charge in [0.1, 0.15) is 0 Å². The highest BCUT2D eigenvalue weighted by atomic mass is 79.9. The number of Topliss-reactive ketones (excluding diaryl/α,β-unsaturated/α-hetero) is 1. The number of hydrogen-bond donors (Lipinski definition) is 1. The number of carbonyl (C=O) groups excluding carboxylic acids is 1. The van der Waals surface area contributed by atoms with Crippen molar-refractivity contribution in [2.45, 2.75) is 6.42 Å². The summed E-state index contributed by atoms with van der Waals surface area (Å²) in [7, 11) is 0. The summed E-state index contributed by atoms with van der Waals surface area (Å²) in [5, 5.41) is 9.19. The third-order valence-electron chi connectivity index (χ3n) is 3.26. The number of alkyl halides is 1. The van der Waals surface area contributed by atoms with Gasteiger partial charge in [0.05, 0.1) is 5.41 Å². The van der Waals surface area contributed by atoms with E-state index in [9.17, 15) is 9.59 Å². The molecule has 1 atom stereocenters.